The van der Waals surface area contributed by atoms with Crippen LogP contribution >= 0.6 is 0 Å². The standard InChI is InChI=1S/C18H28N2O3S/c1-19(24(22,23)14-15-8-3-2-4-9-15)16-10-7-11-17(18(16)21)20-12-5-6-13-20/h2-4,8-9,16-18,21H,5-7,10-14H2,1H3/t16-,17-,18-/m1/s1. The van der Waals surface area contributed by atoms with Crippen LogP contribution in [-0.2, 0) is 15.8 Å². The molecule has 0 aromatic heterocycles. The Labute approximate surface area is 145 Å². The van der Waals surface area contributed by atoms with Crippen LogP contribution in [0, 0.1) is 0 Å². The van der Waals surface area contributed by atoms with E-state index in [1.807, 2.05) is 30.3 Å². The fourth-order valence-electron chi connectivity index (χ4n) is 4.10. The van der Waals surface area contributed by atoms with Gasteiger partial charge in [0.25, 0.3) is 0 Å². The number of benzene rings is 1. The fraction of sp³-hybridized carbons (Fsp3) is 0.667. The van der Waals surface area contributed by atoms with Crippen LogP contribution in [0.2, 0.25) is 0 Å². The van der Waals surface area contributed by atoms with E-state index in [0.29, 0.717) is 0 Å². The number of likely N-dealkylation sites (tertiary alicyclic amines) is 1. The largest absolute Gasteiger partial charge is 0.390 e. The fourth-order valence-corrected chi connectivity index (χ4v) is 5.56. The van der Waals surface area contributed by atoms with Crippen molar-refractivity contribution < 1.29 is 13.5 Å². The van der Waals surface area contributed by atoms with Crippen LogP contribution in [0.1, 0.15) is 37.7 Å². The molecule has 2 fully saturated rings. The topological polar surface area (TPSA) is 60.9 Å². The van der Waals surface area contributed by atoms with E-state index < -0.39 is 16.1 Å². The van der Waals surface area contributed by atoms with Crippen LogP contribution in [0.5, 0.6) is 0 Å². The molecule has 0 radical (unpaired) electrons. The Balaban J connectivity index is 1.71. The van der Waals surface area contributed by atoms with Gasteiger partial charge in [-0.15, -0.1) is 0 Å². The van der Waals surface area contributed by atoms with Crippen molar-refractivity contribution in [1.29, 1.82) is 0 Å². The molecular formula is C18H28N2O3S. The first-order valence-electron chi connectivity index (χ1n) is 8.91. The van der Waals surface area contributed by atoms with Crippen molar-refractivity contribution in [2.45, 2.75) is 56.0 Å². The zero-order chi connectivity index (χ0) is 17.2. The molecule has 1 aromatic carbocycles. The van der Waals surface area contributed by atoms with Crippen molar-refractivity contribution in [3.8, 4) is 0 Å². The molecule has 1 heterocycles. The van der Waals surface area contributed by atoms with Crippen molar-refractivity contribution in [2.75, 3.05) is 20.1 Å². The van der Waals surface area contributed by atoms with E-state index in [1.54, 1.807) is 7.05 Å². The lowest BCUT2D eigenvalue weighted by molar-refractivity contribution is -0.0104. The lowest BCUT2D eigenvalue weighted by atomic mass is 9.87. The molecule has 0 bridgehead atoms. The molecule has 0 spiro atoms. The summed E-state index contributed by atoms with van der Waals surface area (Å²) in [4.78, 5) is 2.34. The number of hydrogen-bond acceptors (Lipinski definition) is 4. The molecule has 1 saturated carbocycles. The Morgan fingerprint density at radius 3 is 2.46 bits per heavy atom. The zero-order valence-electron chi connectivity index (χ0n) is 14.3. The van der Waals surface area contributed by atoms with Crippen LogP contribution in [0.4, 0.5) is 0 Å². The molecule has 0 unspecified atom stereocenters. The number of aliphatic hydroxyl groups excluding tert-OH is 1. The molecule has 2 aliphatic rings. The minimum atomic E-state index is -3.44. The predicted molar refractivity (Wildman–Crippen MR) is 95.1 cm³/mol. The molecule has 1 N–H and O–H groups in total. The zero-order valence-corrected chi connectivity index (χ0v) is 15.2. The van der Waals surface area contributed by atoms with Gasteiger partial charge in [0.2, 0.25) is 10.0 Å². The van der Waals surface area contributed by atoms with Crippen LogP contribution in [0.3, 0.4) is 0 Å². The van der Waals surface area contributed by atoms with Gasteiger partial charge in [0.15, 0.2) is 0 Å². The van der Waals surface area contributed by atoms with E-state index in [2.05, 4.69) is 4.90 Å². The molecule has 1 aromatic rings. The number of aliphatic hydroxyl groups is 1. The average Bonchev–Trinajstić information content (AvgIpc) is 3.09. The molecule has 24 heavy (non-hydrogen) atoms. The minimum Gasteiger partial charge on any atom is -0.390 e. The number of rotatable bonds is 5. The molecular weight excluding hydrogens is 324 g/mol. The molecule has 1 aliphatic carbocycles. The summed E-state index contributed by atoms with van der Waals surface area (Å²) in [7, 11) is -1.81. The van der Waals surface area contributed by atoms with E-state index in [0.717, 1.165) is 37.9 Å². The van der Waals surface area contributed by atoms with Crippen molar-refractivity contribution in [2.24, 2.45) is 0 Å². The summed E-state index contributed by atoms with van der Waals surface area (Å²) in [6.07, 6.45) is 4.41. The molecule has 3 rings (SSSR count). The Morgan fingerprint density at radius 2 is 1.79 bits per heavy atom. The summed E-state index contributed by atoms with van der Waals surface area (Å²) in [6.45, 7) is 2.05. The summed E-state index contributed by atoms with van der Waals surface area (Å²) >= 11 is 0. The van der Waals surface area contributed by atoms with Gasteiger partial charge in [-0.1, -0.05) is 36.8 Å². The first-order chi connectivity index (χ1) is 11.5. The van der Waals surface area contributed by atoms with Crippen molar-refractivity contribution in [3.63, 3.8) is 0 Å². The first-order valence-corrected chi connectivity index (χ1v) is 10.5. The van der Waals surface area contributed by atoms with Crippen LogP contribution in [0.15, 0.2) is 30.3 Å². The normalized spacial score (nSPS) is 29.2. The van der Waals surface area contributed by atoms with Gasteiger partial charge in [0.1, 0.15) is 0 Å². The summed E-state index contributed by atoms with van der Waals surface area (Å²) in [5.41, 5.74) is 0.783. The third-order valence-electron chi connectivity index (χ3n) is 5.50. The number of likely N-dealkylation sites (N-methyl/N-ethyl adjacent to an activating group) is 1. The Hall–Kier alpha value is -0.950. The highest BCUT2D eigenvalue weighted by Crippen LogP contribution is 2.30. The SMILES string of the molecule is CN([C@@H]1CCC[C@@H](N2CCCC2)[C@@H]1O)S(=O)(=O)Cc1ccccc1. The Morgan fingerprint density at radius 1 is 1.12 bits per heavy atom. The maximum Gasteiger partial charge on any atom is 0.218 e. The highest BCUT2D eigenvalue weighted by molar-refractivity contribution is 7.88. The third kappa shape index (κ3) is 3.82. The quantitative estimate of drug-likeness (QED) is 0.878. The van der Waals surface area contributed by atoms with Crippen LogP contribution in [-0.4, -0.2) is 61.1 Å². The Kier molecular flexibility index (Phi) is 5.59. The third-order valence-corrected chi connectivity index (χ3v) is 7.34. The molecule has 134 valence electrons. The summed E-state index contributed by atoms with van der Waals surface area (Å²) in [5, 5.41) is 10.8. The molecule has 1 saturated heterocycles. The monoisotopic (exact) mass is 352 g/mol. The van der Waals surface area contributed by atoms with Gasteiger partial charge in [-0.2, -0.15) is 4.31 Å². The second-order valence-corrected chi connectivity index (χ2v) is 9.09. The lowest BCUT2D eigenvalue weighted by Gasteiger charge is -2.42. The minimum absolute atomic E-state index is 0.0120. The highest BCUT2D eigenvalue weighted by atomic mass is 32.2. The van der Waals surface area contributed by atoms with Crippen LogP contribution < -0.4 is 0 Å². The number of nitrogens with zero attached hydrogens (tertiary/aromatic N) is 2. The number of hydrogen-bond donors (Lipinski definition) is 1. The van der Waals surface area contributed by atoms with Gasteiger partial charge in [-0.05, 0) is 44.3 Å². The molecule has 3 atom stereocenters. The predicted octanol–water partition coefficient (Wildman–Crippen LogP) is 1.83. The van der Waals surface area contributed by atoms with Gasteiger partial charge < -0.3 is 5.11 Å². The average molecular weight is 353 g/mol. The van der Waals surface area contributed by atoms with Crippen LogP contribution in [0.25, 0.3) is 0 Å². The molecule has 0 amide bonds. The van der Waals surface area contributed by atoms with Crippen molar-refractivity contribution in [3.05, 3.63) is 35.9 Å². The molecule has 6 heteroatoms. The van der Waals surface area contributed by atoms with E-state index in [4.69, 9.17) is 0 Å². The van der Waals surface area contributed by atoms with E-state index >= 15 is 0 Å². The summed E-state index contributed by atoms with van der Waals surface area (Å²) < 4.78 is 27.0. The second kappa shape index (κ2) is 7.52. The van der Waals surface area contributed by atoms with Crippen molar-refractivity contribution in [1.82, 2.24) is 9.21 Å². The summed E-state index contributed by atoms with van der Waals surface area (Å²) in [5.74, 6) is -0.0120. The van der Waals surface area contributed by atoms with E-state index in [1.165, 1.54) is 17.1 Å². The van der Waals surface area contributed by atoms with Crippen molar-refractivity contribution >= 4 is 10.0 Å². The maximum atomic E-state index is 12.8. The van der Waals surface area contributed by atoms with Gasteiger partial charge in [0.05, 0.1) is 17.9 Å². The van der Waals surface area contributed by atoms with E-state index in [-0.39, 0.29) is 17.8 Å². The Bertz CT molecular complexity index is 629. The molecule has 1 aliphatic heterocycles. The van der Waals surface area contributed by atoms with E-state index in [9.17, 15) is 13.5 Å². The van der Waals surface area contributed by atoms with Gasteiger partial charge in [-0.25, -0.2) is 8.42 Å². The maximum absolute atomic E-state index is 12.8. The first kappa shape index (κ1) is 17.9. The van der Waals surface area contributed by atoms with Gasteiger partial charge in [0, 0.05) is 13.1 Å². The lowest BCUT2D eigenvalue weighted by Crippen LogP contribution is -2.56. The summed E-state index contributed by atoms with van der Waals surface area (Å²) in [6, 6.07) is 9.02. The van der Waals surface area contributed by atoms with Gasteiger partial charge >= 0.3 is 0 Å². The smallest absolute Gasteiger partial charge is 0.218 e. The second-order valence-electron chi connectivity index (χ2n) is 7.06. The molecule has 5 nitrogen and oxygen atoms in total. The van der Waals surface area contributed by atoms with Gasteiger partial charge in [-0.3, -0.25) is 4.90 Å². The highest BCUT2D eigenvalue weighted by Gasteiger charge is 2.41. The number of sulfonamides is 1.